The minimum atomic E-state index is -0.769. The van der Waals surface area contributed by atoms with Gasteiger partial charge in [0.15, 0.2) is 0 Å². The van der Waals surface area contributed by atoms with Crippen molar-refractivity contribution in [3.63, 3.8) is 0 Å². The minimum absolute atomic E-state index is 0.300. The number of allylic oxidation sites excluding steroid dienone is 1. The number of carbonyl (C=O) groups excluding carboxylic acids is 1. The third-order valence-electron chi connectivity index (χ3n) is 4.04. The molecule has 2 aromatic carbocycles. The summed E-state index contributed by atoms with van der Waals surface area (Å²) in [6.45, 7) is 0. The number of hydrogen-bond donors (Lipinski definition) is 1. The summed E-state index contributed by atoms with van der Waals surface area (Å²) in [5.41, 5.74) is 2.43. The Morgan fingerprint density at radius 3 is 2.38 bits per heavy atom. The smallest absolute Gasteiger partial charge is 0.242 e. The molecule has 2 atom stereocenters. The predicted octanol–water partition coefficient (Wildman–Crippen LogP) is 3.74. The third-order valence-corrected chi connectivity index (χ3v) is 4.29. The van der Waals surface area contributed by atoms with E-state index in [2.05, 4.69) is 11.4 Å². The van der Waals surface area contributed by atoms with E-state index in [9.17, 15) is 10.1 Å². The Kier molecular flexibility index (Phi) is 4.54. The first-order valence-electron chi connectivity index (χ1n) is 7.44. The summed E-state index contributed by atoms with van der Waals surface area (Å²) in [4.78, 5) is 12.4. The maximum absolute atomic E-state index is 12.4. The molecule has 0 fully saturated rings. The standard InChI is InChI=1S/C19H15ClN2O2/c1-24-15-8-4-12(5-9-15)16-10-18(22-19(23)17(16)11-21)13-2-6-14(20)7-3-13/h2-10,16-17H,1H3,(H,22,23)/t16-,17-/m0/s1. The molecular weight excluding hydrogens is 324 g/mol. The van der Waals surface area contributed by atoms with Gasteiger partial charge in [0, 0.05) is 16.6 Å². The van der Waals surface area contributed by atoms with Crippen LogP contribution in [0.4, 0.5) is 0 Å². The Balaban J connectivity index is 2.02. The molecule has 0 bridgehead atoms. The third kappa shape index (κ3) is 3.12. The molecule has 4 nitrogen and oxygen atoms in total. The maximum Gasteiger partial charge on any atom is 0.242 e. The summed E-state index contributed by atoms with van der Waals surface area (Å²) in [5, 5.41) is 12.8. The van der Waals surface area contributed by atoms with Crippen molar-refractivity contribution in [2.45, 2.75) is 5.92 Å². The summed E-state index contributed by atoms with van der Waals surface area (Å²) in [5.74, 6) is -0.657. The first kappa shape index (κ1) is 16.1. The fourth-order valence-corrected chi connectivity index (χ4v) is 2.87. The van der Waals surface area contributed by atoms with Crippen LogP contribution in [-0.4, -0.2) is 13.0 Å². The van der Waals surface area contributed by atoms with Crippen LogP contribution in [0, 0.1) is 17.2 Å². The van der Waals surface area contributed by atoms with Gasteiger partial charge >= 0.3 is 0 Å². The van der Waals surface area contributed by atoms with Crippen molar-refractivity contribution in [2.75, 3.05) is 7.11 Å². The molecule has 1 amide bonds. The van der Waals surface area contributed by atoms with E-state index in [1.165, 1.54) is 0 Å². The lowest BCUT2D eigenvalue weighted by molar-refractivity contribution is -0.122. The number of halogens is 1. The number of rotatable bonds is 3. The summed E-state index contributed by atoms with van der Waals surface area (Å²) in [7, 11) is 1.60. The van der Waals surface area contributed by atoms with Crippen LogP contribution in [0.15, 0.2) is 54.6 Å². The van der Waals surface area contributed by atoms with Crippen molar-refractivity contribution in [2.24, 2.45) is 5.92 Å². The largest absolute Gasteiger partial charge is 0.497 e. The van der Waals surface area contributed by atoms with Gasteiger partial charge in [0.25, 0.3) is 0 Å². The zero-order valence-electron chi connectivity index (χ0n) is 13.0. The molecule has 0 saturated heterocycles. The second-order valence-electron chi connectivity index (χ2n) is 5.48. The van der Waals surface area contributed by atoms with E-state index in [1.807, 2.05) is 42.5 Å². The molecule has 1 aliphatic heterocycles. The van der Waals surface area contributed by atoms with Gasteiger partial charge < -0.3 is 10.1 Å². The summed E-state index contributed by atoms with van der Waals surface area (Å²) in [6.07, 6.45) is 1.92. The highest BCUT2D eigenvalue weighted by molar-refractivity contribution is 6.30. The number of nitrogens with zero attached hydrogens (tertiary/aromatic N) is 1. The van der Waals surface area contributed by atoms with Crippen molar-refractivity contribution in [1.29, 1.82) is 5.26 Å². The number of nitrogens with one attached hydrogen (secondary N) is 1. The zero-order valence-corrected chi connectivity index (χ0v) is 13.7. The molecule has 2 aromatic rings. The highest BCUT2D eigenvalue weighted by atomic mass is 35.5. The van der Waals surface area contributed by atoms with Crippen LogP contribution in [0.5, 0.6) is 5.75 Å². The molecule has 1 heterocycles. The minimum Gasteiger partial charge on any atom is -0.497 e. The first-order valence-corrected chi connectivity index (χ1v) is 7.82. The summed E-state index contributed by atoms with van der Waals surface area (Å²) < 4.78 is 5.16. The molecule has 0 radical (unpaired) electrons. The monoisotopic (exact) mass is 338 g/mol. The molecular formula is C19H15ClN2O2. The van der Waals surface area contributed by atoms with Crippen LogP contribution in [0.25, 0.3) is 5.70 Å². The summed E-state index contributed by atoms with van der Waals surface area (Å²) >= 11 is 5.92. The average molecular weight is 339 g/mol. The number of carbonyl (C=O) groups is 1. The van der Waals surface area contributed by atoms with Crippen LogP contribution in [0.1, 0.15) is 17.0 Å². The van der Waals surface area contributed by atoms with Gasteiger partial charge in [-0.2, -0.15) is 5.26 Å². The fourth-order valence-electron chi connectivity index (χ4n) is 2.74. The van der Waals surface area contributed by atoms with Gasteiger partial charge in [-0.3, -0.25) is 4.79 Å². The number of amides is 1. The lowest BCUT2D eigenvalue weighted by Crippen LogP contribution is -2.36. The van der Waals surface area contributed by atoms with Crippen molar-refractivity contribution in [1.82, 2.24) is 5.32 Å². The Labute approximate surface area is 145 Å². The number of hydrogen-bond acceptors (Lipinski definition) is 3. The van der Waals surface area contributed by atoms with E-state index in [1.54, 1.807) is 19.2 Å². The van der Waals surface area contributed by atoms with E-state index in [0.29, 0.717) is 10.7 Å². The van der Waals surface area contributed by atoms with Gasteiger partial charge in [-0.25, -0.2) is 0 Å². The van der Waals surface area contributed by atoms with Gasteiger partial charge in [0.05, 0.1) is 13.2 Å². The Morgan fingerprint density at radius 2 is 1.79 bits per heavy atom. The van der Waals surface area contributed by atoms with E-state index in [-0.39, 0.29) is 11.8 Å². The molecule has 0 aromatic heterocycles. The second-order valence-corrected chi connectivity index (χ2v) is 5.92. The molecule has 0 spiro atoms. The van der Waals surface area contributed by atoms with E-state index >= 15 is 0 Å². The number of nitriles is 1. The van der Waals surface area contributed by atoms with Crippen molar-refractivity contribution < 1.29 is 9.53 Å². The van der Waals surface area contributed by atoms with Gasteiger partial charge in [-0.05, 0) is 35.4 Å². The molecule has 24 heavy (non-hydrogen) atoms. The lowest BCUT2D eigenvalue weighted by atomic mass is 9.82. The molecule has 1 aliphatic rings. The van der Waals surface area contributed by atoms with Gasteiger partial charge in [-0.1, -0.05) is 41.9 Å². The van der Waals surface area contributed by atoms with Crippen LogP contribution < -0.4 is 10.1 Å². The first-order chi connectivity index (χ1) is 11.6. The number of methoxy groups -OCH3 is 1. The SMILES string of the molecule is COc1ccc([C@@H]2C=C(c3ccc(Cl)cc3)NC(=O)[C@H]2C#N)cc1. The van der Waals surface area contributed by atoms with Crippen LogP contribution in [-0.2, 0) is 4.79 Å². The maximum atomic E-state index is 12.4. The highest BCUT2D eigenvalue weighted by Gasteiger charge is 2.33. The van der Waals surface area contributed by atoms with Crippen molar-refractivity contribution in [3.05, 3.63) is 70.8 Å². The average Bonchev–Trinajstić information content (AvgIpc) is 2.61. The van der Waals surface area contributed by atoms with Crippen LogP contribution >= 0.6 is 11.6 Å². The molecule has 0 unspecified atom stereocenters. The van der Waals surface area contributed by atoms with E-state index in [4.69, 9.17) is 16.3 Å². The van der Waals surface area contributed by atoms with Gasteiger partial charge in [-0.15, -0.1) is 0 Å². The molecule has 120 valence electrons. The molecule has 0 saturated carbocycles. The van der Waals surface area contributed by atoms with Crippen molar-refractivity contribution in [3.8, 4) is 11.8 Å². The second kappa shape index (κ2) is 6.77. The topological polar surface area (TPSA) is 62.1 Å². The normalized spacial score (nSPS) is 19.9. The summed E-state index contributed by atoms with van der Waals surface area (Å²) in [6, 6.07) is 16.7. The zero-order chi connectivity index (χ0) is 17.1. The Bertz CT molecular complexity index is 820. The lowest BCUT2D eigenvalue weighted by Gasteiger charge is -2.26. The highest BCUT2D eigenvalue weighted by Crippen LogP contribution is 2.34. The van der Waals surface area contributed by atoms with Gasteiger partial charge in [0.1, 0.15) is 11.7 Å². The van der Waals surface area contributed by atoms with E-state index < -0.39 is 5.92 Å². The van der Waals surface area contributed by atoms with Crippen LogP contribution in [0.3, 0.4) is 0 Å². The van der Waals surface area contributed by atoms with Gasteiger partial charge in [0.2, 0.25) is 5.91 Å². The van der Waals surface area contributed by atoms with Crippen molar-refractivity contribution >= 4 is 23.2 Å². The fraction of sp³-hybridized carbons (Fsp3) is 0.158. The molecule has 5 heteroatoms. The molecule has 0 aliphatic carbocycles. The Morgan fingerprint density at radius 1 is 1.12 bits per heavy atom. The molecule has 1 N–H and O–H groups in total. The quantitative estimate of drug-likeness (QED) is 0.927. The number of ether oxygens (including phenoxy) is 1. The molecule has 3 rings (SSSR count). The van der Waals surface area contributed by atoms with E-state index in [0.717, 1.165) is 16.9 Å². The Hall–Kier alpha value is -2.77. The van der Waals surface area contributed by atoms with Crippen LogP contribution in [0.2, 0.25) is 5.02 Å². The number of benzene rings is 2. The predicted molar refractivity (Wildman–Crippen MR) is 92.4 cm³/mol.